The third kappa shape index (κ3) is 4.94. The average molecular weight is 520 g/mol. The van der Waals surface area contributed by atoms with Crippen LogP contribution in [0.25, 0.3) is 6.08 Å². The van der Waals surface area contributed by atoms with E-state index in [4.69, 9.17) is 21.1 Å². The molecule has 2 aliphatic rings. The molecule has 1 aliphatic heterocycles. The van der Waals surface area contributed by atoms with Crippen LogP contribution in [0, 0.1) is 0 Å². The number of benzene rings is 2. The quantitative estimate of drug-likeness (QED) is 0.380. The number of carbonyl (C=O) groups excluding carboxylic acids is 2. The molecule has 0 bridgehead atoms. The SMILES string of the molecule is COc1cc(/C=C2\NC(=O)N(C3CCCCC3)C2=O)cc(Br)c1OCc1cccc(Cl)c1. The van der Waals surface area contributed by atoms with Gasteiger partial charge < -0.3 is 14.8 Å². The Labute approximate surface area is 200 Å². The number of nitrogens with one attached hydrogen (secondary N) is 1. The van der Waals surface area contributed by atoms with Gasteiger partial charge in [0.2, 0.25) is 0 Å². The molecule has 2 aromatic carbocycles. The van der Waals surface area contributed by atoms with E-state index >= 15 is 0 Å². The van der Waals surface area contributed by atoms with Crippen molar-refractivity contribution in [2.45, 2.75) is 44.8 Å². The van der Waals surface area contributed by atoms with Gasteiger partial charge in [0.15, 0.2) is 11.5 Å². The van der Waals surface area contributed by atoms with Gasteiger partial charge >= 0.3 is 6.03 Å². The Hall–Kier alpha value is -2.51. The first-order valence-corrected chi connectivity index (χ1v) is 11.7. The molecule has 2 aromatic rings. The van der Waals surface area contributed by atoms with Crippen LogP contribution < -0.4 is 14.8 Å². The molecule has 8 heteroatoms. The monoisotopic (exact) mass is 518 g/mol. The van der Waals surface area contributed by atoms with Crippen LogP contribution in [-0.2, 0) is 11.4 Å². The molecule has 1 N–H and O–H groups in total. The smallest absolute Gasteiger partial charge is 0.329 e. The molecule has 1 saturated carbocycles. The lowest BCUT2D eigenvalue weighted by Gasteiger charge is -2.28. The fraction of sp³-hybridized carbons (Fsp3) is 0.333. The number of methoxy groups -OCH3 is 1. The highest BCUT2D eigenvalue weighted by Gasteiger charge is 2.39. The number of amides is 3. The van der Waals surface area contributed by atoms with Gasteiger partial charge in [0.25, 0.3) is 5.91 Å². The van der Waals surface area contributed by atoms with Crippen LogP contribution in [0.4, 0.5) is 4.79 Å². The summed E-state index contributed by atoms with van der Waals surface area (Å²) < 4.78 is 12.2. The third-order valence-corrected chi connectivity index (χ3v) is 6.51. The van der Waals surface area contributed by atoms with E-state index in [1.54, 1.807) is 19.3 Å². The Morgan fingerprint density at radius 3 is 2.69 bits per heavy atom. The number of imide groups is 1. The Kier molecular flexibility index (Phi) is 7.06. The first kappa shape index (κ1) is 22.7. The zero-order chi connectivity index (χ0) is 22.7. The molecule has 6 nitrogen and oxygen atoms in total. The van der Waals surface area contributed by atoms with Gasteiger partial charge in [-0.25, -0.2) is 4.79 Å². The Bertz CT molecular complexity index is 1070. The number of halogens is 2. The fourth-order valence-corrected chi connectivity index (χ4v) is 4.92. The number of nitrogens with zero attached hydrogens (tertiary/aromatic N) is 1. The van der Waals surface area contributed by atoms with Crippen LogP contribution in [0.15, 0.2) is 46.6 Å². The van der Waals surface area contributed by atoms with Gasteiger partial charge in [0.1, 0.15) is 12.3 Å². The summed E-state index contributed by atoms with van der Waals surface area (Å²) in [6.45, 7) is 0.320. The molecule has 1 aliphatic carbocycles. The van der Waals surface area contributed by atoms with E-state index < -0.39 is 0 Å². The molecule has 0 radical (unpaired) electrons. The highest BCUT2D eigenvalue weighted by Crippen LogP contribution is 2.38. The van der Waals surface area contributed by atoms with Crippen molar-refractivity contribution in [2.24, 2.45) is 0 Å². The van der Waals surface area contributed by atoms with Gasteiger partial charge in [0, 0.05) is 11.1 Å². The second-order valence-electron chi connectivity index (χ2n) is 7.91. The minimum atomic E-state index is -0.347. The lowest BCUT2D eigenvalue weighted by molar-refractivity contribution is -0.124. The minimum Gasteiger partial charge on any atom is -0.493 e. The van der Waals surface area contributed by atoms with Crippen molar-refractivity contribution in [2.75, 3.05) is 7.11 Å². The Morgan fingerprint density at radius 1 is 1.19 bits per heavy atom. The van der Waals surface area contributed by atoms with E-state index in [2.05, 4.69) is 21.2 Å². The van der Waals surface area contributed by atoms with Crippen LogP contribution in [-0.4, -0.2) is 30.0 Å². The zero-order valence-electron chi connectivity index (χ0n) is 17.7. The van der Waals surface area contributed by atoms with E-state index in [0.717, 1.165) is 37.7 Å². The molecule has 4 rings (SSSR count). The van der Waals surface area contributed by atoms with E-state index in [9.17, 15) is 9.59 Å². The predicted molar refractivity (Wildman–Crippen MR) is 127 cm³/mol. The predicted octanol–water partition coefficient (Wildman–Crippen LogP) is 5.92. The largest absolute Gasteiger partial charge is 0.493 e. The summed E-state index contributed by atoms with van der Waals surface area (Å²) in [6, 6.07) is 10.7. The molecular formula is C24H24BrClN2O4. The van der Waals surface area contributed by atoms with Gasteiger partial charge in [-0.2, -0.15) is 0 Å². The van der Waals surface area contributed by atoms with Gasteiger partial charge in [-0.15, -0.1) is 0 Å². The van der Waals surface area contributed by atoms with Gasteiger partial charge in [-0.1, -0.05) is 43.0 Å². The standard InChI is InChI=1S/C24H24BrClN2O4/c1-31-21-13-16(11-19(25)22(21)32-14-15-6-5-7-17(26)10-15)12-20-23(29)28(24(30)27-20)18-8-3-2-4-9-18/h5-7,10-13,18H,2-4,8-9,14H2,1H3,(H,27,30)/b20-12-. The van der Waals surface area contributed by atoms with E-state index in [1.165, 1.54) is 4.90 Å². The molecule has 0 atom stereocenters. The van der Waals surface area contributed by atoms with Crippen LogP contribution in [0.2, 0.25) is 5.02 Å². The van der Waals surface area contributed by atoms with Gasteiger partial charge in [-0.05, 0) is 70.2 Å². The third-order valence-electron chi connectivity index (χ3n) is 5.68. The van der Waals surface area contributed by atoms with E-state index in [0.29, 0.717) is 33.2 Å². The summed E-state index contributed by atoms with van der Waals surface area (Å²) in [5.41, 5.74) is 1.90. The van der Waals surface area contributed by atoms with Gasteiger partial charge in [-0.3, -0.25) is 9.69 Å². The average Bonchev–Trinajstić information content (AvgIpc) is 3.06. The summed E-state index contributed by atoms with van der Waals surface area (Å²) in [7, 11) is 1.55. The topological polar surface area (TPSA) is 67.9 Å². The second-order valence-corrected chi connectivity index (χ2v) is 9.20. The maximum absolute atomic E-state index is 12.9. The fourth-order valence-electron chi connectivity index (χ4n) is 4.13. The Morgan fingerprint density at radius 2 is 1.97 bits per heavy atom. The normalized spacial score (nSPS) is 18.2. The first-order chi connectivity index (χ1) is 15.5. The first-order valence-electron chi connectivity index (χ1n) is 10.6. The lowest BCUT2D eigenvalue weighted by atomic mass is 9.94. The van der Waals surface area contributed by atoms with Crippen molar-refractivity contribution in [3.05, 3.63) is 62.7 Å². The number of hydrogen-bond acceptors (Lipinski definition) is 4. The minimum absolute atomic E-state index is 0.0225. The summed E-state index contributed by atoms with van der Waals surface area (Å²) in [5.74, 6) is 0.771. The van der Waals surface area contributed by atoms with Crippen molar-refractivity contribution in [1.82, 2.24) is 10.2 Å². The lowest BCUT2D eigenvalue weighted by Crippen LogP contribution is -2.41. The summed E-state index contributed by atoms with van der Waals surface area (Å²) >= 11 is 9.58. The summed E-state index contributed by atoms with van der Waals surface area (Å²) in [5, 5.41) is 3.36. The number of urea groups is 1. The molecule has 32 heavy (non-hydrogen) atoms. The number of rotatable bonds is 6. The van der Waals surface area contributed by atoms with Crippen molar-refractivity contribution in [3.8, 4) is 11.5 Å². The molecule has 1 saturated heterocycles. The maximum Gasteiger partial charge on any atom is 0.329 e. The van der Waals surface area contributed by atoms with Crippen molar-refractivity contribution in [1.29, 1.82) is 0 Å². The Balaban J connectivity index is 1.54. The highest BCUT2D eigenvalue weighted by molar-refractivity contribution is 9.10. The van der Waals surface area contributed by atoms with Crippen molar-refractivity contribution >= 4 is 45.5 Å². The zero-order valence-corrected chi connectivity index (χ0v) is 20.0. The molecule has 0 unspecified atom stereocenters. The number of ether oxygens (including phenoxy) is 2. The molecule has 0 spiro atoms. The molecule has 3 amide bonds. The summed E-state index contributed by atoms with van der Waals surface area (Å²) in [4.78, 5) is 26.7. The molecular weight excluding hydrogens is 496 g/mol. The maximum atomic E-state index is 12.9. The van der Waals surface area contributed by atoms with Crippen LogP contribution in [0.1, 0.15) is 43.2 Å². The number of hydrogen-bond donors (Lipinski definition) is 1. The van der Waals surface area contributed by atoms with E-state index in [-0.39, 0.29) is 23.7 Å². The second kappa shape index (κ2) is 9.96. The molecule has 168 valence electrons. The summed E-state index contributed by atoms with van der Waals surface area (Å²) in [6.07, 6.45) is 6.64. The van der Waals surface area contributed by atoms with E-state index in [1.807, 2.05) is 30.3 Å². The van der Waals surface area contributed by atoms with Crippen LogP contribution in [0.5, 0.6) is 11.5 Å². The molecule has 0 aromatic heterocycles. The molecule has 1 heterocycles. The van der Waals surface area contributed by atoms with Crippen molar-refractivity contribution < 1.29 is 19.1 Å². The number of carbonyl (C=O) groups is 2. The highest BCUT2D eigenvalue weighted by atomic mass is 79.9. The van der Waals surface area contributed by atoms with Gasteiger partial charge in [0.05, 0.1) is 11.6 Å². The molecule has 2 fully saturated rings. The van der Waals surface area contributed by atoms with Crippen molar-refractivity contribution in [3.63, 3.8) is 0 Å². The van der Waals surface area contributed by atoms with Crippen LogP contribution in [0.3, 0.4) is 0 Å². The van der Waals surface area contributed by atoms with Crippen LogP contribution >= 0.6 is 27.5 Å².